The monoisotopic (exact) mass is 456 g/mol. The van der Waals surface area contributed by atoms with Crippen LogP contribution in [0.5, 0.6) is 0 Å². The van der Waals surface area contributed by atoms with Gasteiger partial charge in [0, 0.05) is 11.4 Å². The SMILES string of the molecule is Cc1ccc(S(=O)(=O)Nc2ccc(Cl)c(C(=O)Nc3c(C)cccc3C(C)C)c2)cc1. The second-order valence-electron chi connectivity index (χ2n) is 7.76. The first kappa shape index (κ1) is 22.8. The molecule has 0 spiro atoms. The fraction of sp³-hybridized carbons (Fsp3) is 0.208. The lowest BCUT2D eigenvalue weighted by Gasteiger charge is -2.17. The van der Waals surface area contributed by atoms with Crippen LogP contribution in [0.2, 0.25) is 5.02 Å². The first-order valence-electron chi connectivity index (χ1n) is 9.88. The maximum Gasteiger partial charge on any atom is 0.261 e. The summed E-state index contributed by atoms with van der Waals surface area (Å²) in [6.45, 7) is 7.91. The number of aryl methyl sites for hydroxylation is 2. The zero-order valence-corrected chi connectivity index (χ0v) is 19.4. The molecule has 0 aliphatic carbocycles. The minimum atomic E-state index is -3.79. The fourth-order valence-corrected chi connectivity index (χ4v) is 4.47. The molecule has 3 rings (SSSR count). The number of anilines is 2. The third-order valence-electron chi connectivity index (χ3n) is 4.96. The highest BCUT2D eigenvalue weighted by molar-refractivity contribution is 7.92. The van der Waals surface area contributed by atoms with E-state index in [1.165, 1.54) is 30.3 Å². The Bertz CT molecular complexity index is 1220. The van der Waals surface area contributed by atoms with Gasteiger partial charge in [-0.2, -0.15) is 0 Å². The molecule has 0 fully saturated rings. The lowest BCUT2D eigenvalue weighted by molar-refractivity contribution is 0.102. The van der Waals surface area contributed by atoms with Crippen LogP contribution in [0.3, 0.4) is 0 Å². The van der Waals surface area contributed by atoms with Crippen LogP contribution < -0.4 is 10.0 Å². The average molecular weight is 457 g/mol. The molecule has 0 aromatic heterocycles. The minimum absolute atomic E-state index is 0.139. The van der Waals surface area contributed by atoms with Gasteiger partial charge in [-0.15, -0.1) is 0 Å². The molecule has 0 aliphatic rings. The Labute approximate surface area is 188 Å². The van der Waals surface area contributed by atoms with E-state index in [1.54, 1.807) is 12.1 Å². The van der Waals surface area contributed by atoms with Crippen molar-refractivity contribution >= 4 is 38.9 Å². The van der Waals surface area contributed by atoms with Crippen LogP contribution in [0, 0.1) is 13.8 Å². The van der Waals surface area contributed by atoms with E-state index in [0.717, 1.165) is 22.4 Å². The molecule has 0 atom stereocenters. The van der Waals surface area contributed by atoms with Gasteiger partial charge in [0.2, 0.25) is 0 Å². The van der Waals surface area contributed by atoms with E-state index in [-0.39, 0.29) is 27.1 Å². The number of amides is 1. The number of halogens is 1. The Morgan fingerprint density at radius 1 is 0.968 bits per heavy atom. The van der Waals surface area contributed by atoms with Crippen molar-refractivity contribution in [1.29, 1.82) is 0 Å². The average Bonchev–Trinajstić information content (AvgIpc) is 2.70. The number of hydrogen-bond acceptors (Lipinski definition) is 3. The molecular formula is C24H25ClN2O3S. The first-order chi connectivity index (χ1) is 14.6. The van der Waals surface area contributed by atoms with Crippen LogP contribution in [-0.2, 0) is 10.0 Å². The largest absolute Gasteiger partial charge is 0.321 e. The van der Waals surface area contributed by atoms with E-state index in [2.05, 4.69) is 23.9 Å². The molecule has 0 heterocycles. The lowest BCUT2D eigenvalue weighted by Crippen LogP contribution is -2.17. The summed E-state index contributed by atoms with van der Waals surface area (Å²) in [4.78, 5) is 13.2. The van der Waals surface area contributed by atoms with Gasteiger partial charge in [-0.3, -0.25) is 9.52 Å². The summed E-state index contributed by atoms with van der Waals surface area (Å²) in [5, 5.41) is 3.18. The van der Waals surface area contributed by atoms with Gasteiger partial charge in [0.15, 0.2) is 0 Å². The molecule has 162 valence electrons. The molecule has 0 aliphatic heterocycles. The molecule has 3 aromatic rings. The predicted octanol–water partition coefficient (Wildman–Crippen LogP) is 6.13. The normalized spacial score (nSPS) is 11.4. The third-order valence-corrected chi connectivity index (χ3v) is 6.69. The van der Waals surface area contributed by atoms with Gasteiger partial charge in [-0.05, 0) is 61.2 Å². The first-order valence-corrected chi connectivity index (χ1v) is 11.7. The number of carbonyl (C=O) groups is 1. The summed E-state index contributed by atoms with van der Waals surface area (Å²) >= 11 is 6.27. The molecule has 7 heteroatoms. The van der Waals surface area contributed by atoms with Crippen molar-refractivity contribution in [1.82, 2.24) is 0 Å². The minimum Gasteiger partial charge on any atom is -0.321 e. The van der Waals surface area contributed by atoms with Gasteiger partial charge >= 0.3 is 0 Å². The van der Waals surface area contributed by atoms with Crippen molar-refractivity contribution in [3.8, 4) is 0 Å². The smallest absolute Gasteiger partial charge is 0.261 e. The van der Waals surface area contributed by atoms with Crippen molar-refractivity contribution < 1.29 is 13.2 Å². The molecule has 0 radical (unpaired) electrons. The van der Waals surface area contributed by atoms with E-state index in [4.69, 9.17) is 11.6 Å². The van der Waals surface area contributed by atoms with Crippen molar-refractivity contribution in [2.24, 2.45) is 0 Å². The molecule has 0 saturated heterocycles. The van der Waals surface area contributed by atoms with Gasteiger partial charge in [0.25, 0.3) is 15.9 Å². The van der Waals surface area contributed by atoms with Crippen LogP contribution in [0.15, 0.2) is 65.6 Å². The second kappa shape index (κ2) is 9.12. The molecule has 3 aromatic carbocycles. The Hall–Kier alpha value is -2.83. The van der Waals surface area contributed by atoms with Crippen molar-refractivity contribution in [3.63, 3.8) is 0 Å². The highest BCUT2D eigenvalue weighted by atomic mass is 35.5. The molecule has 0 saturated carbocycles. The number of para-hydroxylation sites is 1. The molecule has 0 bridgehead atoms. The van der Waals surface area contributed by atoms with Crippen molar-refractivity contribution in [2.45, 2.75) is 38.5 Å². The molecular weight excluding hydrogens is 432 g/mol. The van der Waals surface area contributed by atoms with Crippen LogP contribution in [0.1, 0.15) is 46.8 Å². The fourth-order valence-electron chi connectivity index (χ4n) is 3.22. The molecule has 0 unspecified atom stereocenters. The van der Waals surface area contributed by atoms with Gasteiger partial charge in [-0.1, -0.05) is 61.3 Å². The number of nitrogens with one attached hydrogen (secondary N) is 2. The van der Waals surface area contributed by atoms with E-state index in [9.17, 15) is 13.2 Å². The van der Waals surface area contributed by atoms with Crippen molar-refractivity contribution in [2.75, 3.05) is 10.0 Å². The summed E-state index contributed by atoms with van der Waals surface area (Å²) in [7, 11) is -3.79. The summed E-state index contributed by atoms with van der Waals surface area (Å²) in [6, 6.07) is 16.8. The quantitative estimate of drug-likeness (QED) is 0.468. The summed E-state index contributed by atoms with van der Waals surface area (Å²) < 4.78 is 27.9. The van der Waals surface area contributed by atoms with Gasteiger partial charge in [0.05, 0.1) is 15.5 Å². The molecule has 31 heavy (non-hydrogen) atoms. The van der Waals surface area contributed by atoms with Crippen LogP contribution >= 0.6 is 11.6 Å². The maximum atomic E-state index is 13.0. The Kier molecular flexibility index (Phi) is 6.72. The third kappa shape index (κ3) is 5.27. The number of benzene rings is 3. The molecule has 2 N–H and O–H groups in total. The van der Waals surface area contributed by atoms with E-state index in [0.29, 0.717) is 0 Å². The van der Waals surface area contributed by atoms with Gasteiger partial charge < -0.3 is 5.32 Å². The number of rotatable bonds is 6. The van der Waals surface area contributed by atoms with Crippen LogP contribution in [0.4, 0.5) is 11.4 Å². The number of carbonyl (C=O) groups excluding carboxylic acids is 1. The Morgan fingerprint density at radius 2 is 1.65 bits per heavy atom. The van der Waals surface area contributed by atoms with Gasteiger partial charge in [0.1, 0.15) is 0 Å². The molecule has 1 amide bonds. The number of hydrogen-bond donors (Lipinski definition) is 2. The summed E-state index contributed by atoms with van der Waals surface area (Å²) in [6.07, 6.45) is 0. The van der Waals surface area contributed by atoms with Crippen LogP contribution in [-0.4, -0.2) is 14.3 Å². The van der Waals surface area contributed by atoms with Crippen LogP contribution in [0.25, 0.3) is 0 Å². The highest BCUT2D eigenvalue weighted by Crippen LogP contribution is 2.29. The zero-order valence-electron chi connectivity index (χ0n) is 17.9. The topological polar surface area (TPSA) is 75.3 Å². The zero-order chi connectivity index (χ0) is 22.8. The van der Waals surface area contributed by atoms with E-state index in [1.807, 2.05) is 32.0 Å². The summed E-state index contributed by atoms with van der Waals surface area (Å²) in [5.74, 6) is -0.184. The Morgan fingerprint density at radius 3 is 2.29 bits per heavy atom. The lowest BCUT2D eigenvalue weighted by atomic mass is 9.98. The Balaban J connectivity index is 1.90. The van der Waals surface area contributed by atoms with E-state index >= 15 is 0 Å². The standard InChI is InChI=1S/C24H25ClN2O3S/c1-15(2)20-7-5-6-17(4)23(20)26-24(28)21-14-18(10-13-22(21)25)27-31(29,30)19-11-8-16(3)9-12-19/h5-15,27H,1-4H3,(H,26,28). The second-order valence-corrected chi connectivity index (χ2v) is 9.85. The highest BCUT2D eigenvalue weighted by Gasteiger charge is 2.18. The van der Waals surface area contributed by atoms with Crippen molar-refractivity contribution in [3.05, 3.63) is 87.9 Å². The number of sulfonamides is 1. The van der Waals surface area contributed by atoms with E-state index < -0.39 is 15.9 Å². The molecule has 5 nitrogen and oxygen atoms in total. The summed E-state index contributed by atoms with van der Waals surface area (Å²) in [5.41, 5.74) is 4.09. The van der Waals surface area contributed by atoms with Gasteiger partial charge in [-0.25, -0.2) is 8.42 Å². The predicted molar refractivity (Wildman–Crippen MR) is 127 cm³/mol. The maximum absolute atomic E-state index is 13.0.